The van der Waals surface area contributed by atoms with Crippen LogP contribution in [-0.4, -0.2) is 12.6 Å². The number of rotatable bonds is 21. The van der Waals surface area contributed by atoms with Crippen molar-refractivity contribution in [2.75, 3.05) is 6.54 Å². The first-order valence-electron chi connectivity index (χ1n) is 12.7. The smallest absolute Gasteiger partial charge is 0.00103 e. The molecule has 0 bridgehead atoms. The lowest BCUT2D eigenvalue weighted by atomic mass is 9.94. The third-order valence-electron chi connectivity index (χ3n) is 5.75. The van der Waals surface area contributed by atoms with Crippen molar-refractivity contribution in [3.05, 3.63) is 24.3 Å². The van der Waals surface area contributed by atoms with E-state index >= 15 is 0 Å². The molecule has 0 radical (unpaired) electrons. The topological polar surface area (TPSA) is 12.0 Å². The molecule has 1 heteroatoms. The normalized spacial score (nSPS) is 13.3. The Morgan fingerprint density at radius 1 is 0.643 bits per heavy atom. The van der Waals surface area contributed by atoms with Crippen molar-refractivity contribution >= 4 is 0 Å². The van der Waals surface area contributed by atoms with E-state index < -0.39 is 0 Å². The van der Waals surface area contributed by atoms with Crippen molar-refractivity contribution in [3.8, 4) is 0 Å². The first-order chi connectivity index (χ1) is 13.7. The van der Waals surface area contributed by atoms with Gasteiger partial charge in [-0.3, -0.25) is 0 Å². The maximum absolute atomic E-state index is 3.56. The van der Waals surface area contributed by atoms with E-state index in [9.17, 15) is 0 Å². The quantitative estimate of drug-likeness (QED) is 0.152. The van der Waals surface area contributed by atoms with E-state index in [0.717, 1.165) is 12.3 Å². The van der Waals surface area contributed by atoms with Crippen LogP contribution >= 0.6 is 0 Å². The lowest BCUT2D eigenvalue weighted by molar-refractivity contribution is 0.394. The number of hydrogen-bond donors (Lipinski definition) is 1. The molecule has 0 saturated carbocycles. The van der Waals surface area contributed by atoms with Crippen LogP contribution in [0.25, 0.3) is 0 Å². The van der Waals surface area contributed by atoms with Crippen LogP contribution in [0, 0.1) is 5.92 Å². The molecule has 0 saturated heterocycles. The van der Waals surface area contributed by atoms with Gasteiger partial charge in [0.25, 0.3) is 0 Å². The molecule has 1 N–H and O–H groups in total. The van der Waals surface area contributed by atoms with Gasteiger partial charge in [0, 0.05) is 6.04 Å². The molecule has 0 rings (SSSR count). The highest BCUT2D eigenvalue weighted by Crippen LogP contribution is 2.18. The molecule has 0 aromatic rings. The average Bonchev–Trinajstić information content (AvgIpc) is 2.68. The predicted octanol–water partition coefficient (Wildman–Crippen LogP) is 8.99. The SMILES string of the molecule is CCCCC/C=C\C/C=C\CCCCCCCCCC(CC)CCNC(C)C. The van der Waals surface area contributed by atoms with Crippen LogP contribution in [0.2, 0.25) is 0 Å². The Labute approximate surface area is 178 Å². The van der Waals surface area contributed by atoms with Gasteiger partial charge in [-0.15, -0.1) is 0 Å². The summed E-state index contributed by atoms with van der Waals surface area (Å²) in [5.41, 5.74) is 0. The maximum atomic E-state index is 3.56. The second kappa shape index (κ2) is 22.7. The molecule has 0 aliphatic heterocycles. The summed E-state index contributed by atoms with van der Waals surface area (Å²) in [6.07, 6.45) is 31.2. The highest BCUT2D eigenvalue weighted by Gasteiger charge is 2.06. The summed E-state index contributed by atoms with van der Waals surface area (Å²) in [4.78, 5) is 0. The molecule has 1 atom stereocenters. The summed E-state index contributed by atoms with van der Waals surface area (Å²) >= 11 is 0. The molecule has 0 fully saturated rings. The minimum absolute atomic E-state index is 0.630. The fourth-order valence-corrected chi connectivity index (χ4v) is 3.73. The minimum Gasteiger partial charge on any atom is -0.315 e. The molecule has 0 aliphatic carbocycles. The largest absolute Gasteiger partial charge is 0.315 e. The summed E-state index contributed by atoms with van der Waals surface area (Å²) in [6, 6.07) is 0.630. The van der Waals surface area contributed by atoms with Gasteiger partial charge in [-0.05, 0) is 51.0 Å². The highest BCUT2D eigenvalue weighted by molar-refractivity contribution is 4.92. The van der Waals surface area contributed by atoms with Crippen molar-refractivity contribution < 1.29 is 0 Å². The third-order valence-corrected chi connectivity index (χ3v) is 5.75. The molecule has 0 heterocycles. The van der Waals surface area contributed by atoms with Gasteiger partial charge in [0.2, 0.25) is 0 Å². The van der Waals surface area contributed by atoms with E-state index in [1.54, 1.807) is 0 Å². The Bertz CT molecular complexity index is 342. The van der Waals surface area contributed by atoms with Crippen LogP contribution in [0.5, 0.6) is 0 Å². The van der Waals surface area contributed by atoms with Crippen molar-refractivity contribution in [3.63, 3.8) is 0 Å². The highest BCUT2D eigenvalue weighted by atomic mass is 14.9. The molecule has 28 heavy (non-hydrogen) atoms. The Kier molecular flexibility index (Phi) is 22.3. The Balaban J connectivity index is 3.33. The molecular formula is C27H53N. The van der Waals surface area contributed by atoms with Crippen molar-refractivity contribution in [2.45, 2.75) is 136 Å². The van der Waals surface area contributed by atoms with Gasteiger partial charge in [0.05, 0.1) is 0 Å². The van der Waals surface area contributed by atoms with Gasteiger partial charge in [-0.2, -0.15) is 0 Å². The lowest BCUT2D eigenvalue weighted by Gasteiger charge is -2.16. The fraction of sp³-hybridized carbons (Fsp3) is 0.852. The van der Waals surface area contributed by atoms with Gasteiger partial charge in [0.1, 0.15) is 0 Å². The molecule has 166 valence electrons. The predicted molar refractivity (Wildman–Crippen MR) is 130 cm³/mol. The summed E-state index contributed by atoms with van der Waals surface area (Å²) in [6.45, 7) is 10.3. The molecule has 0 spiro atoms. The van der Waals surface area contributed by atoms with Gasteiger partial charge in [0.15, 0.2) is 0 Å². The van der Waals surface area contributed by atoms with Gasteiger partial charge in [-0.25, -0.2) is 0 Å². The van der Waals surface area contributed by atoms with E-state index in [-0.39, 0.29) is 0 Å². The summed E-state index contributed by atoms with van der Waals surface area (Å²) in [5.74, 6) is 0.934. The van der Waals surface area contributed by atoms with Gasteiger partial charge < -0.3 is 5.32 Å². The maximum Gasteiger partial charge on any atom is 0.00103 e. The first-order valence-corrected chi connectivity index (χ1v) is 12.7. The Morgan fingerprint density at radius 2 is 1.21 bits per heavy atom. The summed E-state index contributed by atoms with van der Waals surface area (Å²) in [5, 5.41) is 3.56. The number of unbranched alkanes of at least 4 members (excludes halogenated alkanes) is 10. The van der Waals surface area contributed by atoms with Crippen LogP contribution in [0.4, 0.5) is 0 Å². The van der Waals surface area contributed by atoms with Gasteiger partial charge >= 0.3 is 0 Å². The second-order valence-electron chi connectivity index (χ2n) is 8.90. The summed E-state index contributed by atoms with van der Waals surface area (Å²) in [7, 11) is 0. The van der Waals surface area contributed by atoms with E-state index in [4.69, 9.17) is 0 Å². The average molecular weight is 392 g/mol. The lowest BCUT2D eigenvalue weighted by Crippen LogP contribution is -2.25. The monoisotopic (exact) mass is 391 g/mol. The van der Waals surface area contributed by atoms with E-state index in [1.807, 2.05) is 0 Å². The standard InChI is InChI=1S/C27H53N/c1-5-7-8-9-10-11-12-13-14-15-16-17-18-19-20-21-22-23-27(6-2)24-25-28-26(3)4/h10-11,13-14,26-28H,5-9,12,15-25H2,1-4H3/b11-10-,14-13-. The molecule has 0 aliphatic rings. The Morgan fingerprint density at radius 3 is 1.79 bits per heavy atom. The molecule has 0 amide bonds. The second-order valence-corrected chi connectivity index (χ2v) is 8.90. The molecule has 0 aromatic carbocycles. The molecular weight excluding hydrogens is 338 g/mol. The third kappa shape index (κ3) is 21.7. The number of nitrogens with one attached hydrogen (secondary N) is 1. The Hall–Kier alpha value is -0.560. The van der Waals surface area contributed by atoms with Crippen LogP contribution < -0.4 is 5.32 Å². The van der Waals surface area contributed by atoms with E-state index in [1.165, 1.54) is 103 Å². The molecule has 1 unspecified atom stereocenters. The number of allylic oxidation sites excluding steroid dienone is 4. The fourth-order valence-electron chi connectivity index (χ4n) is 3.73. The molecule has 1 nitrogen and oxygen atoms in total. The zero-order chi connectivity index (χ0) is 20.7. The van der Waals surface area contributed by atoms with Crippen LogP contribution in [0.3, 0.4) is 0 Å². The number of hydrogen-bond acceptors (Lipinski definition) is 1. The van der Waals surface area contributed by atoms with Crippen LogP contribution in [0.15, 0.2) is 24.3 Å². The van der Waals surface area contributed by atoms with Crippen molar-refractivity contribution in [1.82, 2.24) is 5.32 Å². The zero-order valence-corrected chi connectivity index (χ0v) is 20.0. The van der Waals surface area contributed by atoms with Crippen molar-refractivity contribution in [1.29, 1.82) is 0 Å². The minimum atomic E-state index is 0.630. The molecule has 0 aromatic heterocycles. The van der Waals surface area contributed by atoms with E-state index in [2.05, 4.69) is 57.3 Å². The van der Waals surface area contributed by atoms with Crippen LogP contribution in [0.1, 0.15) is 130 Å². The first kappa shape index (κ1) is 27.4. The van der Waals surface area contributed by atoms with Gasteiger partial charge in [-0.1, -0.05) is 116 Å². The van der Waals surface area contributed by atoms with E-state index in [0.29, 0.717) is 6.04 Å². The van der Waals surface area contributed by atoms with Crippen molar-refractivity contribution in [2.24, 2.45) is 5.92 Å². The van der Waals surface area contributed by atoms with Crippen LogP contribution in [-0.2, 0) is 0 Å². The zero-order valence-electron chi connectivity index (χ0n) is 20.0. The summed E-state index contributed by atoms with van der Waals surface area (Å²) < 4.78 is 0.